The Bertz CT molecular complexity index is 693. The molecule has 4 heteroatoms. The van der Waals surface area contributed by atoms with Crippen molar-refractivity contribution in [3.05, 3.63) is 41.7 Å². The predicted octanol–water partition coefficient (Wildman–Crippen LogP) is 3.00. The lowest BCUT2D eigenvalue weighted by Crippen LogP contribution is -2.28. The topological polar surface area (TPSA) is 63.1 Å². The first kappa shape index (κ1) is 12.8. The number of fused-ring (bicyclic) bond motifs is 1. The van der Waals surface area contributed by atoms with Crippen molar-refractivity contribution in [2.75, 3.05) is 0 Å². The van der Waals surface area contributed by atoms with Gasteiger partial charge in [-0.25, -0.2) is 9.97 Å². The maximum Gasteiger partial charge on any atom is 0.166 e. The van der Waals surface area contributed by atoms with Gasteiger partial charge in [-0.05, 0) is 24.0 Å². The molecule has 0 aliphatic heterocycles. The van der Waals surface area contributed by atoms with Gasteiger partial charge >= 0.3 is 0 Å². The molecule has 0 bridgehead atoms. The van der Waals surface area contributed by atoms with Crippen LogP contribution in [0.5, 0.6) is 5.75 Å². The Hall–Kier alpha value is -2.23. The Morgan fingerprint density at radius 1 is 1.25 bits per heavy atom. The third-order valence-electron chi connectivity index (χ3n) is 3.56. The Labute approximate surface area is 117 Å². The minimum absolute atomic E-state index is 0.0610. The van der Waals surface area contributed by atoms with Crippen LogP contribution in [0, 0.1) is 5.41 Å². The molecule has 0 fully saturated rings. The second kappa shape index (κ2) is 4.40. The number of phenolic OH excluding ortho intramolecular Hbond substituents is 1. The summed E-state index contributed by atoms with van der Waals surface area (Å²) in [5.41, 5.74) is 2.13. The van der Waals surface area contributed by atoms with Crippen LogP contribution in [0.25, 0.3) is 11.4 Å². The van der Waals surface area contributed by atoms with Gasteiger partial charge in [0.05, 0.1) is 11.3 Å². The molecule has 1 heterocycles. The van der Waals surface area contributed by atoms with Crippen LogP contribution in [-0.2, 0) is 6.42 Å². The van der Waals surface area contributed by atoms with Gasteiger partial charge in [0.1, 0.15) is 5.75 Å². The normalized spacial score (nSPS) is 16.8. The number of rotatable bonds is 1. The predicted molar refractivity (Wildman–Crippen MR) is 75.6 cm³/mol. The van der Waals surface area contributed by atoms with E-state index in [9.17, 15) is 9.90 Å². The van der Waals surface area contributed by atoms with Gasteiger partial charge in [-0.2, -0.15) is 0 Å². The summed E-state index contributed by atoms with van der Waals surface area (Å²) < 4.78 is 0. The van der Waals surface area contributed by atoms with E-state index in [4.69, 9.17) is 0 Å². The van der Waals surface area contributed by atoms with Crippen LogP contribution in [0.1, 0.15) is 36.3 Å². The van der Waals surface area contributed by atoms with E-state index in [0.717, 1.165) is 17.7 Å². The van der Waals surface area contributed by atoms with Crippen LogP contribution in [0.15, 0.2) is 30.5 Å². The second-order valence-corrected chi connectivity index (χ2v) is 6.05. The molecule has 0 spiro atoms. The van der Waals surface area contributed by atoms with E-state index in [2.05, 4.69) is 23.8 Å². The van der Waals surface area contributed by atoms with Gasteiger partial charge in [-0.3, -0.25) is 4.79 Å². The minimum Gasteiger partial charge on any atom is -0.508 e. The van der Waals surface area contributed by atoms with E-state index in [0.29, 0.717) is 17.8 Å². The van der Waals surface area contributed by atoms with E-state index >= 15 is 0 Å². The number of hydrogen-bond donors (Lipinski definition) is 1. The van der Waals surface area contributed by atoms with Crippen molar-refractivity contribution in [1.29, 1.82) is 0 Å². The van der Waals surface area contributed by atoms with Crippen molar-refractivity contribution in [2.24, 2.45) is 5.41 Å². The molecule has 0 unspecified atom stereocenters. The van der Waals surface area contributed by atoms with Crippen LogP contribution in [0.3, 0.4) is 0 Å². The molecule has 0 saturated heterocycles. The largest absolute Gasteiger partial charge is 0.508 e. The number of aromatic nitrogens is 2. The van der Waals surface area contributed by atoms with E-state index in [1.807, 2.05) is 6.07 Å². The summed E-state index contributed by atoms with van der Waals surface area (Å²) in [6.07, 6.45) is 2.91. The first-order chi connectivity index (χ1) is 9.44. The van der Waals surface area contributed by atoms with Crippen molar-refractivity contribution in [3.8, 4) is 17.1 Å². The smallest absolute Gasteiger partial charge is 0.166 e. The van der Waals surface area contributed by atoms with Crippen molar-refractivity contribution in [1.82, 2.24) is 9.97 Å². The first-order valence-corrected chi connectivity index (χ1v) is 6.63. The lowest BCUT2D eigenvalue weighted by molar-refractivity contribution is 0.0910. The quantitative estimate of drug-likeness (QED) is 0.863. The van der Waals surface area contributed by atoms with E-state index in [-0.39, 0.29) is 16.9 Å². The summed E-state index contributed by atoms with van der Waals surface area (Å²) >= 11 is 0. The highest BCUT2D eigenvalue weighted by Gasteiger charge is 2.32. The molecule has 2 aromatic rings. The van der Waals surface area contributed by atoms with Crippen molar-refractivity contribution >= 4 is 5.78 Å². The zero-order valence-corrected chi connectivity index (χ0v) is 11.6. The molecule has 3 rings (SSSR count). The average Bonchev–Trinajstić information content (AvgIpc) is 2.36. The fraction of sp³-hybridized carbons (Fsp3) is 0.312. The van der Waals surface area contributed by atoms with E-state index in [1.165, 1.54) is 0 Å². The molecule has 0 radical (unpaired) electrons. The monoisotopic (exact) mass is 268 g/mol. The molecule has 102 valence electrons. The molecular weight excluding hydrogens is 252 g/mol. The van der Waals surface area contributed by atoms with Crippen molar-refractivity contribution in [2.45, 2.75) is 26.7 Å². The molecule has 0 atom stereocenters. The summed E-state index contributed by atoms with van der Waals surface area (Å²) in [5, 5.41) is 9.53. The lowest BCUT2D eigenvalue weighted by atomic mass is 9.76. The summed E-state index contributed by atoms with van der Waals surface area (Å²) in [7, 11) is 0. The molecule has 1 aliphatic carbocycles. The molecule has 1 N–H and O–H groups in total. The number of phenols is 1. The molecule has 20 heavy (non-hydrogen) atoms. The molecule has 4 nitrogen and oxygen atoms in total. The number of carbonyl (C=O) groups is 1. The van der Waals surface area contributed by atoms with Gasteiger partial charge in [0, 0.05) is 18.2 Å². The van der Waals surface area contributed by atoms with E-state index in [1.54, 1.807) is 24.4 Å². The van der Waals surface area contributed by atoms with Gasteiger partial charge in [-0.1, -0.05) is 26.0 Å². The third kappa shape index (κ3) is 2.29. The van der Waals surface area contributed by atoms with Gasteiger partial charge in [0.15, 0.2) is 11.6 Å². The number of carbonyl (C=O) groups excluding carboxylic acids is 1. The molecule has 1 aliphatic rings. The van der Waals surface area contributed by atoms with Gasteiger partial charge < -0.3 is 5.11 Å². The summed E-state index contributed by atoms with van der Waals surface area (Å²) in [4.78, 5) is 20.9. The highest BCUT2D eigenvalue weighted by molar-refractivity contribution is 5.98. The minimum atomic E-state index is -0.0610. The van der Waals surface area contributed by atoms with Gasteiger partial charge in [-0.15, -0.1) is 0 Å². The lowest BCUT2D eigenvalue weighted by Gasteiger charge is -2.29. The number of ketones is 1. The van der Waals surface area contributed by atoms with Gasteiger partial charge in [0.25, 0.3) is 0 Å². The Balaban J connectivity index is 2.07. The number of nitrogens with zero attached hydrogens (tertiary/aromatic N) is 2. The van der Waals surface area contributed by atoms with Gasteiger partial charge in [0.2, 0.25) is 0 Å². The maximum absolute atomic E-state index is 12.1. The molecule has 1 aromatic heterocycles. The number of hydrogen-bond acceptors (Lipinski definition) is 4. The Morgan fingerprint density at radius 2 is 2.05 bits per heavy atom. The number of aromatic hydroxyl groups is 1. The maximum atomic E-state index is 12.1. The zero-order valence-electron chi connectivity index (χ0n) is 11.6. The summed E-state index contributed by atoms with van der Waals surface area (Å²) in [5.74, 6) is 0.837. The summed E-state index contributed by atoms with van der Waals surface area (Å²) in [6, 6.07) is 6.83. The van der Waals surface area contributed by atoms with Crippen LogP contribution < -0.4 is 0 Å². The first-order valence-electron chi connectivity index (χ1n) is 6.63. The highest BCUT2D eigenvalue weighted by atomic mass is 16.3. The van der Waals surface area contributed by atoms with Crippen LogP contribution in [-0.4, -0.2) is 20.9 Å². The zero-order chi connectivity index (χ0) is 14.3. The second-order valence-electron chi connectivity index (χ2n) is 6.05. The molecule has 1 aromatic carbocycles. The Kier molecular flexibility index (Phi) is 2.82. The van der Waals surface area contributed by atoms with Crippen LogP contribution in [0.4, 0.5) is 0 Å². The fourth-order valence-electron chi connectivity index (χ4n) is 2.61. The average molecular weight is 268 g/mol. The van der Waals surface area contributed by atoms with E-state index < -0.39 is 0 Å². The van der Waals surface area contributed by atoms with Crippen LogP contribution >= 0.6 is 0 Å². The molecular formula is C16H16N2O2. The molecule has 0 amide bonds. The number of Topliss-reactive ketones (excluding diaryl/α,β-unsaturated/α-hetero) is 1. The SMILES string of the molecule is CC1(C)CC(=O)c2cnc(-c3cccc(O)c3)nc2C1. The summed E-state index contributed by atoms with van der Waals surface area (Å²) in [6.45, 7) is 4.15. The third-order valence-corrected chi connectivity index (χ3v) is 3.56. The van der Waals surface area contributed by atoms with Crippen molar-refractivity contribution in [3.63, 3.8) is 0 Å². The van der Waals surface area contributed by atoms with Crippen molar-refractivity contribution < 1.29 is 9.90 Å². The molecule has 0 saturated carbocycles. The number of benzene rings is 1. The standard InChI is InChI=1S/C16H16N2O2/c1-16(2)7-13-12(14(20)8-16)9-17-15(18-13)10-4-3-5-11(19)6-10/h3-6,9,19H,7-8H2,1-2H3. The van der Waals surface area contributed by atoms with Crippen LogP contribution in [0.2, 0.25) is 0 Å². The Morgan fingerprint density at radius 3 is 2.80 bits per heavy atom. The highest BCUT2D eigenvalue weighted by Crippen LogP contribution is 2.34. The fourth-order valence-corrected chi connectivity index (χ4v) is 2.61.